The second-order valence-electron chi connectivity index (χ2n) is 6.53. The van der Waals surface area contributed by atoms with E-state index in [2.05, 4.69) is 0 Å². The third kappa shape index (κ3) is 3.31. The molecule has 1 aromatic heterocycles. The number of halogens is 6. The Morgan fingerprint density at radius 3 is 1.38 bits per heavy atom. The molecule has 6 rings (SSSR count). The Kier molecular flexibility index (Phi) is 3.05. The van der Waals surface area contributed by atoms with Crippen LogP contribution in [0.2, 0.25) is 0 Å². The minimum atomic E-state index is -10.7. The molecule has 2 aliphatic heterocycles. The molecule has 10 heteroatoms. The quantitative estimate of drug-likeness (QED) is 0.0792. The van der Waals surface area contributed by atoms with Gasteiger partial charge in [-0.05, 0) is 36.4 Å². The summed E-state index contributed by atoms with van der Waals surface area (Å²) in [4.78, 5) is 0. The summed E-state index contributed by atoms with van der Waals surface area (Å²) in [6.07, 6.45) is 0. The van der Waals surface area contributed by atoms with Crippen LogP contribution in [0, 0.1) is 0 Å². The zero-order valence-corrected chi connectivity index (χ0v) is 15.0. The minimum Gasteiger partial charge on any atom is -0.456 e. The second kappa shape index (κ2) is 4.91. The molecule has 0 bridgehead atoms. The number of hydrogen-bond donors (Lipinski definition) is 0. The van der Waals surface area contributed by atoms with Gasteiger partial charge in [-0.25, -0.2) is 4.42 Å². The van der Waals surface area contributed by atoms with Crippen molar-refractivity contribution in [1.29, 1.82) is 0 Å². The van der Waals surface area contributed by atoms with Gasteiger partial charge in [-0.15, -0.1) is 0 Å². The van der Waals surface area contributed by atoms with Crippen LogP contribution < -0.4 is 0 Å². The summed E-state index contributed by atoms with van der Waals surface area (Å²) >= 11 is 0. The van der Waals surface area contributed by atoms with Crippen molar-refractivity contribution in [2.75, 3.05) is 0 Å². The summed E-state index contributed by atoms with van der Waals surface area (Å²) < 4.78 is 77.4. The van der Waals surface area contributed by atoms with Crippen LogP contribution >= 0.6 is 7.81 Å². The average Bonchev–Trinajstić information content (AvgIpc) is 2.59. The molecule has 3 heterocycles. The number of rotatable bonds is 0. The van der Waals surface area contributed by atoms with Gasteiger partial charge in [0.25, 0.3) is 0 Å². The van der Waals surface area contributed by atoms with Gasteiger partial charge in [-0.3, -0.25) is 0 Å². The average molecular weight is 430 g/mol. The van der Waals surface area contributed by atoms with Gasteiger partial charge in [0.05, 0.1) is 5.56 Å². The molecule has 0 amide bonds. The Morgan fingerprint density at radius 1 is 0.552 bits per heavy atom. The molecular formula is C19H9F6O3P. The van der Waals surface area contributed by atoms with E-state index < -0.39 is 7.81 Å². The first kappa shape index (κ1) is 18.0. The smallest absolute Gasteiger partial charge is 0.365 e. The van der Waals surface area contributed by atoms with Crippen LogP contribution in [0.4, 0.5) is 25.2 Å². The van der Waals surface area contributed by atoms with Crippen LogP contribution in [0.5, 0.6) is 0 Å². The van der Waals surface area contributed by atoms with Crippen LogP contribution in [0.3, 0.4) is 0 Å². The Labute approximate surface area is 157 Å². The van der Waals surface area contributed by atoms with Crippen molar-refractivity contribution in [2.24, 2.45) is 0 Å². The number of benzene rings is 3. The van der Waals surface area contributed by atoms with Crippen LogP contribution in [0.25, 0.3) is 55.4 Å². The maximum Gasteiger partial charge on any atom is 0.365 e. The van der Waals surface area contributed by atoms with Gasteiger partial charge in [0.2, 0.25) is 0 Å². The Bertz CT molecular complexity index is 1390. The second-order valence-corrected chi connectivity index (χ2v) is 8.44. The molecule has 2 aliphatic rings. The van der Waals surface area contributed by atoms with Gasteiger partial charge in [-0.2, -0.15) is 0 Å². The first-order valence-electron chi connectivity index (χ1n) is 8.22. The number of hydrogen-bond acceptors (Lipinski definition) is 2. The van der Waals surface area contributed by atoms with Crippen molar-refractivity contribution >= 4 is 52.1 Å². The topological polar surface area (TPSA) is 37.6 Å². The molecule has 4 aromatic rings. The van der Waals surface area contributed by atoms with Crippen molar-refractivity contribution in [1.82, 2.24) is 0 Å². The predicted octanol–water partition coefficient (Wildman–Crippen LogP) is 9.28. The third-order valence-electron chi connectivity index (χ3n) is 4.37. The molecule has 0 saturated carbocycles. The summed E-state index contributed by atoms with van der Waals surface area (Å²) in [5.74, 6) is 0. The van der Waals surface area contributed by atoms with Crippen molar-refractivity contribution in [2.45, 2.75) is 0 Å². The molecule has 0 fully saturated rings. The minimum absolute atomic E-state index is 0.833. The first-order chi connectivity index (χ1) is 13.3. The standard InChI is InChI=1S/C19H9O3.F6P/c1-4-10-16-11(5-1)21-13-7-3-9-15-18(13)19(16)17-12(20-10)6-2-8-14(17)22-15;1-7(2,3,4,5)6/h1-9H;/q+1;-1. The van der Waals surface area contributed by atoms with E-state index >= 15 is 0 Å². The van der Waals surface area contributed by atoms with Crippen molar-refractivity contribution in [3.63, 3.8) is 0 Å². The summed E-state index contributed by atoms with van der Waals surface area (Å²) in [6.45, 7) is 0. The van der Waals surface area contributed by atoms with Gasteiger partial charge >= 0.3 is 44.2 Å². The normalized spacial score (nSPS) is 15.1. The third-order valence-corrected chi connectivity index (χ3v) is 4.37. The molecule has 0 aliphatic carbocycles. The molecule has 0 saturated heterocycles. The molecule has 0 N–H and O–H groups in total. The molecule has 3 nitrogen and oxygen atoms in total. The molecule has 0 unspecified atom stereocenters. The monoisotopic (exact) mass is 430 g/mol. The fourth-order valence-electron chi connectivity index (χ4n) is 3.51. The van der Waals surface area contributed by atoms with Crippen LogP contribution in [-0.4, -0.2) is 0 Å². The Morgan fingerprint density at radius 2 is 0.931 bits per heavy atom. The fraction of sp³-hybridized carbons (Fsp3) is 0. The maximum absolute atomic E-state index is 10.7. The van der Waals surface area contributed by atoms with E-state index in [1.807, 2.05) is 54.6 Å². The summed E-state index contributed by atoms with van der Waals surface area (Å²) in [5, 5.41) is 2.04. The summed E-state index contributed by atoms with van der Waals surface area (Å²) in [6, 6.07) is 17.7. The van der Waals surface area contributed by atoms with Crippen molar-refractivity contribution < 1.29 is 38.4 Å². The predicted molar refractivity (Wildman–Crippen MR) is 99.0 cm³/mol. The molecule has 150 valence electrons. The Hall–Kier alpha value is -3.06. The van der Waals surface area contributed by atoms with Gasteiger partial charge < -0.3 is 8.83 Å². The van der Waals surface area contributed by atoms with E-state index in [9.17, 15) is 25.2 Å². The van der Waals surface area contributed by atoms with E-state index in [-0.39, 0.29) is 0 Å². The van der Waals surface area contributed by atoms with E-state index in [4.69, 9.17) is 13.3 Å². The Balaban J connectivity index is 0.000000227. The summed E-state index contributed by atoms with van der Waals surface area (Å²) in [5.41, 5.74) is 7.17. The van der Waals surface area contributed by atoms with Crippen LogP contribution in [-0.2, 0) is 0 Å². The van der Waals surface area contributed by atoms with Gasteiger partial charge in [0, 0.05) is 17.7 Å². The van der Waals surface area contributed by atoms with Gasteiger partial charge in [-0.1, -0.05) is 6.07 Å². The van der Waals surface area contributed by atoms with Crippen molar-refractivity contribution in [3.05, 3.63) is 54.6 Å². The SMILES string of the molecule is F[P-](F)(F)(F)(F)F.c1cc2oc3cccc4[o+]c5cccc6oc(c1)c2-c(c34)c65. The van der Waals surface area contributed by atoms with Crippen LogP contribution in [0.15, 0.2) is 67.8 Å². The first-order valence-corrected chi connectivity index (χ1v) is 10.2. The van der Waals surface area contributed by atoms with Gasteiger partial charge in [0.15, 0.2) is 0 Å². The van der Waals surface area contributed by atoms with E-state index in [0.717, 1.165) is 55.4 Å². The zero-order valence-electron chi connectivity index (χ0n) is 14.1. The molecule has 29 heavy (non-hydrogen) atoms. The largest absolute Gasteiger partial charge is 0.456 e. The van der Waals surface area contributed by atoms with Gasteiger partial charge in [0.1, 0.15) is 33.1 Å². The molecule has 0 spiro atoms. The maximum atomic E-state index is 9.87. The molecule has 0 radical (unpaired) electrons. The van der Waals surface area contributed by atoms with E-state index in [0.29, 0.717) is 0 Å². The molecular weight excluding hydrogens is 421 g/mol. The van der Waals surface area contributed by atoms with E-state index in [1.54, 1.807) is 0 Å². The van der Waals surface area contributed by atoms with Crippen molar-refractivity contribution in [3.8, 4) is 11.1 Å². The molecule has 0 atom stereocenters. The van der Waals surface area contributed by atoms with E-state index in [1.165, 1.54) is 0 Å². The summed E-state index contributed by atoms with van der Waals surface area (Å²) in [7, 11) is -10.7. The molecule has 3 aromatic carbocycles. The fourth-order valence-corrected chi connectivity index (χ4v) is 3.51. The zero-order chi connectivity index (χ0) is 20.7. The van der Waals surface area contributed by atoms with Crippen LogP contribution in [0.1, 0.15) is 0 Å².